The van der Waals surface area contributed by atoms with Crippen molar-refractivity contribution in [2.45, 2.75) is 45.1 Å². The van der Waals surface area contributed by atoms with Gasteiger partial charge >= 0.3 is 5.69 Å². The lowest BCUT2D eigenvalue weighted by Gasteiger charge is -2.35. The highest BCUT2D eigenvalue weighted by molar-refractivity contribution is 6.02. The van der Waals surface area contributed by atoms with Crippen molar-refractivity contribution in [3.63, 3.8) is 0 Å². The van der Waals surface area contributed by atoms with Gasteiger partial charge in [-0.25, -0.2) is 4.79 Å². The first kappa shape index (κ1) is 26.4. The van der Waals surface area contributed by atoms with Crippen LogP contribution in [0.1, 0.15) is 36.8 Å². The summed E-state index contributed by atoms with van der Waals surface area (Å²) >= 11 is 0. The molecule has 202 valence electrons. The Balaban J connectivity index is 1.52. The maximum atomic E-state index is 14.1. The molecule has 1 aliphatic carbocycles. The van der Waals surface area contributed by atoms with E-state index < -0.39 is 11.9 Å². The highest BCUT2D eigenvalue weighted by Crippen LogP contribution is 2.33. The van der Waals surface area contributed by atoms with Crippen molar-refractivity contribution in [1.82, 2.24) is 15.0 Å². The van der Waals surface area contributed by atoms with Crippen molar-refractivity contribution < 1.29 is 9.59 Å². The van der Waals surface area contributed by atoms with Gasteiger partial charge in [-0.3, -0.25) is 19.5 Å². The summed E-state index contributed by atoms with van der Waals surface area (Å²) < 4.78 is 0. The van der Waals surface area contributed by atoms with Crippen LogP contribution in [0.4, 0.5) is 5.69 Å². The summed E-state index contributed by atoms with van der Waals surface area (Å²) in [6, 6.07) is 14.2. The summed E-state index contributed by atoms with van der Waals surface area (Å²) in [6.45, 7) is 2.61. The first-order chi connectivity index (χ1) is 18.8. The van der Waals surface area contributed by atoms with Crippen LogP contribution in [0.15, 0.2) is 65.7 Å². The minimum absolute atomic E-state index is 0.132. The molecular weight excluding hydrogens is 492 g/mol. The number of H-pyrrole nitrogens is 2. The molecule has 0 saturated heterocycles. The van der Waals surface area contributed by atoms with Crippen molar-refractivity contribution in [1.29, 1.82) is 0 Å². The van der Waals surface area contributed by atoms with Gasteiger partial charge in [0.1, 0.15) is 6.04 Å². The standard InChI is InChI=1S/C30H34N6O3/c1-18-17-33-12-11-24(18)22-4-2-3-20(13-22)14-27(28(32)37)36(29(38)21-7-5-19(16-31)6-8-21)23-9-10-25-26(15-23)35-30(39)34-25/h2-4,9-13,15,17,19,21,27H,5-8,14,16,31H2,1H3,(H2,32,37)(H2,34,35,39)/t19?,21?,27-/m0/s1. The van der Waals surface area contributed by atoms with E-state index in [1.54, 1.807) is 29.3 Å². The number of aryl methyl sites for hydroxylation is 1. The Morgan fingerprint density at radius 3 is 2.54 bits per heavy atom. The number of imidazole rings is 1. The Hall–Kier alpha value is -4.24. The third kappa shape index (κ3) is 5.63. The summed E-state index contributed by atoms with van der Waals surface area (Å²) in [5, 5.41) is 0. The van der Waals surface area contributed by atoms with Crippen LogP contribution in [0.2, 0.25) is 0 Å². The van der Waals surface area contributed by atoms with Crippen LogP contribution >= 0.6 is 0 Å². The van der Waals surface area contributed by atoms with Crippen molar-refractivity contribution in [3.8, 4) is 11.1 Å². The van der Waals surface area contributed by atoms with Crippen molar-refractivity contribution in [2.24, 2.45) is 23.3 Å². The van der Waals surface area contributed by atoms with Gasteiger partial charge in [-0.1, -0.05) is 24.3 Å². The van der Waals surface area contributed by atoms with E-state index in [1.807, 2.05) is 43.5 Å². The summed E-state index contributed by atoms with van der Waals surface area (Å²) in [5.74, 6) is -0.545. The first-order valence-electron chi connectivity index (χ1n) is 13.4. The molecule has 1 aliphatic rings. The predicted octanol–water partition coefficient (Wildman–Crippen LogP) is 3.42. The normalized spacial score (nSPS) is 18.1. The molecule has 1 fully saturated rings. The summed E-state index contributed by atoms with van der Waals surface area (Å²) in [5.41, 5.74) is 17.2. The number of hydrogen-bond acceptors (Lipinski definition) is 5. The van der Waals surface area contributed by atoms with Crippen molar-refractivity contribution in [2.75, 3.05) is 11.4 Å². The molecular formula is C30H34N6O3. The second kappa shape index (κ2) is 11.2. The Kier molecular flexibility index (Phi) is 7.60. The lowest BCUT2D eigenvalue weighted by molar-refractivity contribution is -0.127. The van der Waals surface area contributed by atoms with Gasteiger partial charge in [-0.15, -0.1) is 0 Å². The third-order valence-corrected chi connectivity index (χ3v) is 7.87. The zero-order valence-electron chi connectivity index (χ0n) is 22.0. The number of amides is 2. The topological polar surface area (TPSA) is 151 Å². The van der Waals surface area contributed by atoms with E-state index in [-0.39, 0.29) is 23.9 Å². The molecule has 0 radical (unpaired) electrons. The van der Waals surface area contributed by atoms with Crippen LogP contribution in [0.3, 0.4) is 0 Å². The fourth-order valence-corrected chi connectivity index (χ4v) is 5.68. The van der Waals surface area contributed by atoms with Gasteiger partial charge in [0.25, 0.3) is 0 Å². The molecule has 0 spiro atoms. The quantitative estimate of drug-likeness (QED) is 0.277. The number of carbonyl (C=O) groups is 2. The van der Waals surface area contributed by atoms with E-state index >= 15 is 0 Å². The Bertz CT molecular complexity index is 1550. The Morgan fingerprint density at radius 1 is 1.05 bits per heavy atom. The second-order valence-electron chi connectivity index (χ2n) is 10.5. The number of anilines is 1. The summed E-state index contributed by atoms with van der Waals surface area (Å²) in [6.07, 6.45) is 6.99. The number of aromatic amines is 2. The molecule has 6 N–H and O–H groups in total. The largest absolute Gasteiger partial charge is 0.368 e. The average molecular weight is 527 g/mol. The molecule has 5 rings (SSSR count). The fourth-order valence-electron chi connectivity index (χ4n) is 5.68. The van der Waals surface area contributed by atoms with Gasteiger partial charge in [0.2, 0.25) is 11.8 Å². The lowest BCUT2D eigenvalue weighted by Crippen LogP contribution is -2.52. The van der Waals surface area contributed by atoms with Crippen LogP contribution in [0.25, 0.3) is 22.2 Å². The number of pyridine rings is 1. The molecule has 9 heteroatoms. The predicted molar refractivity (Wildman–Crippen MR) is 152 cm³/mol. The fraction of sp³-hybridized carbons (Fsp3) is 0.333. The number of primary amides is 1. The minimum atomic E-state index is -0.915. The highest BCUT2D eigenvalue weighted by Gasteiger charge is 2.36. The monoisotopic (exact) mass is 526 g/mol. The van der Waals surface area contributed by atoms with E-state index in [0.717, 1.165) is 35.1 Å². The second-order valence-corrected chi connectivity index (χ2v) is 10.5. The minimum Gasteiger partial charge on any atom is -0.368 e. The van der Waals surface area contributed by atoms with Crippen molar-refractivity contribution >= 4 is 28.5 Å². The maximum absolute atomic E-state index is 14.1. The van der Waals surface area contributed by atoms with E-state index in [1.165, 1.54) is 0 Å². The van der Waals surface area contributed by atoms with Crippen LogP contribution in [-0.2, 0) is 16.0 Å². The van der Waals surface area contributed by atoms with E-state index in [0.29, 0.717) is 42.0 Å². The first-order valence-corrected chi connectivity index (χ1v) is 13.4. The van der Waals surface area contributed by atoms with Gasteiger partial charge in [-0.2, -0.15) is 0 Å². The van der Waals surface area contributed by atoms with Gasteiger partial charge in [0.15, 0.2) is 0 Å². The van der Waals surface area contributed by atoms with Crippen LogP contribution in [-0.4, -0.2) is 39.4 Å². The number of fused-ring (bicyclic) bond motifs is 1. The van der Waals surface area contributed by atoms with Crippen LogP contribution in [0.5, 0.6) is 0 Å². The maximum Gasteiger partial charge on any atom is 0.323 e. The molecule has 9 nitrogen and oxygen atoms in total. The zero-order valence-corrected chi connectivity index (χ0v) is 22.0. The smallest absolute Gasteiger partial charge is 0.323 e. The molecule has 1 saturated carbocycles. The van der Waals surface area contributed by atoms with Crippen LogP contribution < -0.4 is 22.1 Å². The molecule has 39 heavy (non-hydrogen) atoms. The Morgan fingerprint density at radius 2 is 1.82 bits per heavy atom. The summed E-state index contributed by atoms with van der Waals surface area (Å²) in [7, 11) is 0. The number of nitrogens with zero attached hydrogens (tertiary/aromatic N) is 2. The average Bonchev–Trinajstić information content (AvgIpc) is 3.32. The number of aromatic nitrogens is 3. The van der Waals surface area contributed by atoms with Gasteiger partial charge in [-0.05, 0) is 91.6 Å². The molecule has 0 unspecified atom stereocenters. The number of nitrogens with two attached hydrogens (primary N) is 2. The van der Waals surface area contributed by atoms with Crippen molar-refractivity contribution in [3.05, 3.63) is 82.5 Å². The molecule has 0 bridgehead atoms. The Labute approximate surface area is 226 Å². The molecule has 4 aromatic rings. The number of nitrogens with one attached hydrogen (secondary N) is 2. The van der Waals surface area contributed by atoms with Gasteiger partial charge < -0.3 is 21.4 Å². The van der Waals surface area contributed by atoms with Gasteiger partial charge in [0, 0.05) is 30.4 Å². The molecule has 0 aliphatic heterocycles. The number of rotatable bonds is 8. The van der Waals surface area contributed by atoms with E-state index in [9.17, 15) is 14.4 Å². The summed E-state index contributed by atoms with van der Waals surface area (Å²) in [4.78, 5) is 50.2. The highest BCUT2D eigenvalue weighted by atomic mass is 16.2. The van der Waals surface area contributed by atoms with E-state index in [2.05, 4.69) is 15.0 Å². The zero-order chi connectivity index (χ0) is 27.5. The molecule has 2 aromatic heterocycles. The number of carbonyl (C=O) groups excluding carboxylic acids is 2. The molecule has 2 aromatic carbocycles. The van der Waals surface area contributed by atoms with Crippen LogP contribution in [0, 0.1) is 18.8 Å². The number of hydrogen-bond donors (Lipinski definition) is 4. The number of benzene rings is 2. The lowest BCUT2D eigenvalue weighted by atomic mass is 9.81. The van der Waals surface area contributed by atoms with Gasteiger partial charge in [0.05, 0.1) is 11.0 Å². The molecule has 1 atom stereocenters. The van der Waals surface area contributed by atoms with E-state index in [4.69, 9.17) is 11.5 Å². The third-order valence-electron chi connectivity index (χ3n) is 7.87. The molecule has 2 amide bonds. The molecule has 2 heterocycles. The SMILES string of the molecule is Cc1cnccc1-c1cccc(C[C@@H](C(N)=O)N(C(=O)C2CCC(CN)CC2)c2ccc3[nH]c(=O)[nH]c3c2)c1.